The molecule has 38 heavy (non-hydrogen) atoms. The Labute approximate surface area is 224 Å². The summed E-state index contributed by atoms with van der Waals surface area (Å²) in [6.07, 6.45) is 4.28. The zero-order valence-corrected chi connectivity index (χ0v) is 23.0. The van der Waals surface area contributed by atoms with Crippen LogP contribution in [0, 0.1) is 23.0 Å². The molecular weight excluding hydrogens is 492 g/mol. The maximum Gasteiger partial charge on any atom is 0.249 e. The molecule has 2 unspecified atom stereocenters. The van der Waals surface area contributed by atoms with Gasteiger partial charge in [0.1, 0.15) is 11.6 Å². The third kappa shape index (κ3) is 7.94. The standard InChI is InChI=1S/C29H43F2N3O4/c1-5-8-34(9-6-2)27(37)21-10-19(4)15-29(16-21,28(32)38)25(26(36)17-33-24(7-3)18-35)13-20-11-22(30)14-23(31)12-20/h10-12,14-15,24-26,33,35-36H,5-9,13,16-18H2,1-4H3,(H2,32,38)/t24?,25-,26+,29?/m1/s1. The van der Waals surface area contributed by atoms with Gasteiger partial charge in [0.25, 0.3) is 0 Å². The molecule has 0 saturated carbocycles. The topological polar surface area (TPSA) is 116 Å². The van der Waals surface area contributed by atoms with Crippen molar-refractivity contribution in [3.63, 3.8) is 0 Å². The molecule has 2 amide bonds. The summed E-state index contributed by atoms with van der Waals surface area (Å²) in [6, 6.07) is 2.81. The lowest BCUT2D eigenvalue weighted by atomic mass is 9.63. The average molecular weight is 536 g/mol. The molecule has 4 atom stereocenters. The smallest absolute Gasteiger partial charge is 0.249 e. The normalized spacial score (nSPS) is 19.8. The largest absolute Gasteiger partial charge is 0.395 e. The monoisotopic (exact) mass is 535 g/mol. The van der Waals surface area contributed by atoms with E-state index in [2.05, 4.69) is 5.32 Å². The third-order valence-electron chi connectivity index (χ3n) is 7.21. The van der Waals surface area contributed by atoms with Crippen LogP contribution in [0.15, 0.2) is 41.5 Å². The maximum atomic E-state index is 14.1. The molecule has 1 aromatic rings. The van der Waals surface area contributed by atoms with E-state index < -0.39 is 35.0 Å². The number of carbonyl (C=O) groups is 2. The molecule has 9 heteroatoms. The number of primary amides is 1. The highest BCUT2D eigenvalue weighted by atomic mass is 19.1. The number of aliphatic hydroxyl groups is 2. The number of hydrogen-bond donors (Lipinski definition) is 4. The molecule has 0 saturated heterocycles. The van der Waals surface area contributed by atoms with Gasteiger partial charge in [0.05, 0.1) is 18.1 Å². The number of amides is 2. The minimum Gasteiger partial charge on any atom is -0.395 e. The van der Waals surface area contributed by atoms with Crippen LogP contribution in [0.3, 0.4) is 0 Å². The molecule has 2 rings (SSSR count). The first-order valence-electron chi connectivity index (χ1n) is 13.5. The van der Waals surface area contributed by atoms with Crippen molar-refractivity contribution < 1.29 is 28.6 Å². The first kappa shape index (κ1) is 31.6. The van der Waals surface area contributed by atoms with E-state index in [9.17, 15) is 28.6 Å². The van der Waals surface area contributed by atoms with Crippen molar-refractivity contribution in [2.75, 3.05) is 26.2 Å². The van der Waals surface area contributed by atoms with Gasteiger partial charge in [0, 0.05) is 43.2 Å². The number of allylic oxidation sites excluding steroid dienone is 2. The first-order chi connectivity index (χ1) is 18.0. The first-order valence-corrected chi connectivity index (χ1v) is 13.5. The summed E-state index contributed by atoms with van der Waals surface area (Å²) in [6.45, 7) is 8.60. The fourth-order valence-electron chi connectivity index (χ4n) is 5.33. The summed E-state index contributed by atoms with van der Waals surface area (Å²) in [5, 5.41) is 24.1. The fourth-order valence-corrected chi connectivity index (χ4v) is 5.33. The molecule has 0 radical (unpaired) electrons. The minimum absolute atomic E-state index is 0.00817. The molecule has 0 bridgehead atoms. The van der Waals surface area contributed by atoms with Gasteiger partial charge < -0.3 is 26.2 Å². The number of aliphatic hydroxyl groups excluding tert-OH is 2. The fraction of sp³-hybridized carbons (Fsp3) is 0.586. The van der Waals surface area contributed by atoms with Crippen molar-refractivity contribution in [1.82, 2.24) is 10.2 Å². The van der Waals surface area contributed by atoms with E-state index in [-0.39, 0.29) is 43.5 Å². The van der Waals surface area contributed by atoms with Crippen molar-refractivity contribution >= 4 is 11.8 Å². The van der Waals surface area contributed by atoms with Gasteiger partial charge in [-0.05, 0) is 56.7 Å². The summed E-state index contributed by atoms with van der Waals surface area (Å²) >= 11 is 0. The summed E-state index contributed by atoms with van der Waals surface area (Å²) < 4.78 is 28.2. The Balaban J connectivity index is 2.56. The molecule has 0 aromatic heterocycles. The second-order valence-electron chi connectivity index (χ2n) is 10.3. The van der Waals surface area contributed by atoms with Crippen molar-refractivity contribution in [2.24, 2.45) is 17.1 Å². The number of hydrogen-bond acceptors (Lipinski definition) is 5. The highest BCUT2D eigenvalue weighted by Gasteiger charge is 2.48. The van der Waals surface area contributed by atoms with Crippen molar-refractivity contribution in [3.05, 3.63) is 58.7 Å². The van der Waals surface area contributed by atoms with Crippen LogP contribution in [0.1, 0.15) is 58.9 Å². The van der Waals surface area contributed by atoms with Gasteiger partial charge in [-0.3, -0.25) is 9.59 Å². The summed E-state index contributed by atoms with van der Waals surface area (Å²) in [5.41, 5.74) is 5.84. The maximum absolute atomic E-state index is 14.1. The van der Waals surface area contributed by atoms with E-state index in [1.165, 1.54) is 12.1 Å². The molecule has 1 aromatic carbocycles. The predicted octanol–water partition coefficient (Wildman–Crippen LogP) is 3.24. The highest BCUT2D eigenvalue weighted by molar-refractivity contribution is 5.96. The number of nitrogens with two attached hydrogens (primary N) is 1. The SMILES string of the molecule is CCCN(CCC)C(=O)C1=CC(C)=CC(C(N)=O)([C@H](Cc2cc(F)cc(F)c2)[C@@H](O)CNC(CC)CO)C1. The van der Waals surface area contributed by atoms with Crippen LogP contribution in [0.4, 0.5) is 8.78 Å². The van der Waals surface area contributed by atoms with Gasteiger partial charge in [-0.25, -0.2) is 8.78 Å². The molecule has 5 N–H and O–H groups in total. The van der Waals surface area contributed by atoms with Crippen LogP contribution >= 0.6 is 0 Å². The average Bonchev–Trinajstić information content (AvgIpc) is 2.86. The summed E-state index contributed by atoms with van der Waals surface area (Å²) in [5.74, 6) is -3.38. The lowest BCUT2D eigenvalue weighted by Gasteiger charge is -2.42. The van der Waals surface area contributed by atoms with Gasteiger partial charge in [-0.2, -0.15) is 0 Å². The highest BCUT2D eigenvalue weighted by Crippen LogP contribution is 2.44. The quantitative estimate of drug-likeness (QED) is 0.275. The van der Waals surface area contributed by atoms with E-state index in [0.29, 0.717) is 30.7 Å². The van der Waals surface area contributed by atoms with E-state index in [1.54, 1.807) is 24.0 Å². The Morgan fingerprint density at radius 2 is 1.74 bits per heavy atom. The third-order valence-corrected chi connectivity index (χ3v) is 7.21. The number of benzene rings is 1. The molecular formula is C29H43F2N3O4. The molecule has 0 heterocycles. The number of halogens is 2. The second-order valence-corrected chi connectivity index (χ2v) is 10.3. The van der Waals surface area contributed by atoms with E-state index in [4.69, 9.17) is 5.73 Å². The summed E-state index contributed by atoms with van der Waals surface area (Å²) in [4.78, 5) is 28.5. The van der Waals surface area contributed by atoms with Crippen molar-refractivity contribution in [3.8, 4) is 0 Å². The number of nitrogens with one attached hydrogen (secondary N) is 1. The van der Waals surface area contributed by atoms with Gasteiger partial charge in [0.2, 0.25) is 11.8 Å². The zero-order chi connectivity index (χ0) is 28.5. The molecule has 1 aliphatic rings. The van der Waals surface area contributed by atoms with E-state index >= 15 is 0 Å². The second kappa shape index (κ2) is 14.5. The lowest BCUT2D eigenvalue weighted by molar-refractivity contribution is -0.132. The predicted molar refractivity (Wildman–Crippen MR) is 144 cm³/mol. The molecule has 0 spiro atoms. The van der Waals surface area contributed by atoms with Crippen LogP contribution in [0.2, 0.25) is 0 Å². The molecule has 7 nitrogen and oxygen atoms in total. The van der Waals surface area contributed by atoms with Gasteiger partial charge >= 0.3 is 0 Å². The van der Waals surface area contributed by atoms with Crippen LogP contribution < -0.4 is 11.1 Å². The van der Waals surface area contributed by atoms with Crippen LogP contribution in [-0.4, -0.2) is 65.3 Å². The van der Waals surface area contributed by atoms with Crippen LogP contribution in [-0.2, 0) is 16.0 Å². The van der Waals surface area contributed by atoms with E-state index in [1.807, 2.05) is 20.8 Å². The zero-order valence-electron chi connectivity index (χ0n) is 23.0. The van der Waals surface area contributed by atoms with Gasteiger partial charge in [0.15, 0.2) is 0 Å². The molecule has 212 valence electrons. The molecule has 0 fully saturated rings. The van der Waals surface area contributed by atoms with Crippen molar-refractivity contribution in [1.29, 1.82) is 0 Å². The van der Waals surface area contributed by atoms with Crippen molar-refractivity contribution in [2.45, 2.75) is 71.9 Å². The molecule has 0 aliphatic heterocycles. The Morgan fingerprint density at radius 1 is 1.13 bits per heavy atom. The Bertz CT molecular complexity index is 999. The lowest BCUT2D eigenvalue weighted by Crippen LogP contribution is -2.52. The van der Waals surface area contributed by atoms with E-state index in [0.717, 1.165) is 18.9 Å². The Hall–Kier alpha value is -2.62. The molecule has 1 aliphatic carbocycles. The van der Waals surface area contributed by atoms with Gasteiger partial charge in [-0.1, -0.05) is 38.5 Å². The van der Waals surface area contributed by atoms with Gasteiger partial charge in [-0.15, -0.1) is 0 Å². The number of rotatable bonds is 15. The van der Waals surface area contributed by atoms with Crippen LogP contribution in [0.5, 0.6) is 0 Å². The minimum atomic E-state index is -1.49. The Morgan fingerprint density at radius 3 is 2.24 bits per heavy atom. The summed E-state index contributed by atoms with van der Waals surface area (Å²) in [7, 11) is 0. The Kier molecular flexibility index (Phi) is 12.1. The number of carbonyl (C=O) groups excluding carboxylic acids is 2. The number of nitrogens with zero attached hydrogens (tertiary/aromatic N) is 1. The van der Waals surface area contributed by atoms with Crippen LogP contribution in [0.25, 0.3) is 0 Å².